The van der Waals surface area contributed by atoms with Gasteiger partial charge in [0.25, 0.3) is 5.91 Å². The van der Waals surface area contributed by atoms with E-state index in [4.69, 9.17) is 10.5 Å². The maximum absolute atomic E-state index is 12.3. The second-order valence-electron chi connectivity index (χ2n) is 5.37. The van der Waals surface area contributed by atoms with Crippen molar-refractivity contribution in [3.8, 4) is 0 Å². The van der Waals surface area contributed by atoms with Crippen LogP contribution in [0.3, 0.4) is 0 Å². The van der Waals surface area contributed by atoms with E-state index in [0.29, 0.717) is 11.3 Å². The minimum Gasteiger partial charge on any atom is -0.449 e. The van der Waals surface area contributed by atoms with Gasteiger partial charge in [-0.25, -0.2) is 4.79 Å². The smallest absolute Gasteiger partial charge is 0.341 e. The van der Waals surface area contributed by atoms with Crippen molar-refractivity contribution >= 4 is 17.6 Å². The van der Waals surface area contributed by atoms with Gasteiger partial charge < -0.3 is 15.4 Å². The number of nitrogens with zero attached hydrogens (tertiary/aromatic N) is 1. The highest BCUT2D eigenvalue weighted by molar-refractivity contribution is 5.96. The number of para-hydroxylation sites is 1. The maximum Gasteiger partial charge on any atom is 0.341 e. The van der Waals surface area contributed by atoms with Gasteiger partial charge in [0.1, 0.15) is 0 Å². The van der Waals surface area contributed by atoms with Crippen LogP contribution in [0.15, 0.2) is 24.3 Å². The molecule has 1 unspecified atom stereocenters. The number of hydrogen-bond donors (Lipinski definition) is 1. The van der Waals surface area contributed by atoms with Crippen LogP contribution >= 0.6 is 0 Å². The Balaban J connectivity index is 1.97. The lowest BCUT2D eigenvalue weighted by atomic mass is 10.2. The van der Waals surface area contributed by atoms with Crippen LogP contribution in [-0.4, -0.2) is 36.0 Å². The van der Waals surface area contributed by atoms with Crippen LogP contribution in [-0.2, 0) is 9.53 Å². The number of carbonyl (C=O) groups is 2. The number of amides is 1. The summed E-state index contributed by atoms with van der Waals surface area (Å²) in [6.45, 7) is 3.10. The Morgan fingerprint density at radius 3 is 2.38 bits per heavy atom. The summed E-state index contributed by atoms with van der Waals surface area (Å²) in [5.74, 6) is -0.677. The Labute approximate surface area is 125 Å². The molecule has 0 saturated carbocycles. The van der Waals surface area contributed by atoms with Crippen LogP contribution in [0, 0.1) is 0 Å². The van der Waals surface area contributed by atoms with Crippen molar-refractivity contribution in [2.45, 2.75) is 38.7 Å². The first-order valence-corrected chi connectivity index (χ1v) is 7.44. The number of likely N-dealkylation sites (tertiary alicyclic amines) is 1. The van der Waals surface area contributed by atoms with Gasteiger partial charge in [-0.05, 0) is 31.9 Å². The van der Waals surface area contributed by atoms with Crippen molar-refractivity contribution in [2.75, 3.05) is 18.8 Å². The van der Waals surface area contributed by atoms with E-state index in [2.05, 4.69) is 0 Å². The summed E-state index contributed by atoms with van der Waals surface area (Å²) >= 11 is 0. The van der Waals surface area contributed by atoms with Crippen LogP contribution < -0.4 is 5.73 Å². The number of nitrogens with two attached hydrogens (primary N) is 1. The number of esters is 1. The largest absolute Gasteiger partial charge is 0.449 e. The molecule has 0 aliphatic carbocycles. The molecule has 1 aliphatic heterocycles. The summed E-state index contributed by atoms with van der Waals surface area (Å²) < 4.78 is 5.26. The lowest BCUT2D eigenvalue weighted by Crippen LogP contribution is -2.40. The highest BCUT2D eigenvalue weighted by Gasteiger charge is 2.25. The first-order valence-electron chi connectivity index (χ1n) is 7.44. The molecule has 21 heavy (non-hydrogen) atoms. The van der Waals surface area contributed by atoms with Gasteiger partial charge >= 0.3 is 5.97 Å². The van der Waals surface area contributed by atoms with Crippen LogP contribution in [0.4, 0.5) is 5.69 Å². The normalized spacial score (nSPS) is 16.9. The van der Waals surface area contributed by atoms with E-state index in [0.717, 1.165) is 38.8 Å². The molecule has 2 N–H and O–H groups in total. The predicted molar refractivity (Wildman–Crippen MR) is 80.8 cm³/mol. The quantitative estimate of drug-likeness (QED) is 0.684. The molecule has 1 atom stereocenters. The molecule has 1 saturated heterocycles. The average molecular weight is 290 g/mol. The van der Waals surface area contributed by atoms with Crippen molar-refractivity contribution < 1.29 is 14.3 Å². The van der Waals surface area contributed by atoms with E-state index in [1.54, 1.807) is 36.1 Å². The van der Waals surface area contributed by atoms with E-state index in [9.17, 15) is 9.59 Å². The lowest BCUT2D eigenvalue weighted by molar-refractivity contribution is -0.139. The third-order valence-electron chi connectivity index (χ3n) is 3.73. The van der Waals surface area contributed by atoms with Crippen molar-refractivity contribution in [3.63, 3.8) is 0 Å². The average Bonchev–Trinajstić information content (AvgIpc) is 2.75. The Hall–Kier alpha value is -2.04. The topological polar surface area (TPSA) is 72.6 Å². The molecule has 0 radical (unpaired) electrons. The Morgan fingerprint density at radius 1 is 1.14 bits per heavy atom. The number of anilines is 1. The molecular weight excluding hydrogens is 268 g/mol. The van der Waals surface area contributed by atoms with Gasteiger partial charge in [0.05, 0.1) is 5.56 Å². The van der Waals surface area contributed by atoms with Gasteiger partial charge in [0.15, 0.2) is 6.10 Å². The van der Waals surface area contributed by atoms with Crippen LogP contribution in [0.1, 0.15) is 43.0 Å². The van der Waals surface area contributed by atoms with E-state index in [1.165, 1.54) is 0 Å². The zero-order valence-corrected chi connectivity index (χ0v) is 12.4. The highest BCUT2D eigenvalue weighted by atomic mass is 16.5. The molecule has 1 heterocycles. The molecule has 1 aromatic rings. The van der Waals surface area contributed by atoms with Gasteiger partial charge in [-0.1, -0.05) is 25.0 Å². The van der Waals surface area contributed by atoms with E-state index >= 15 is 0 Å². The SMILES string of the molecule is CC(OC(=O)c1ccccc1N)C(=O)N1CCCCCC1. The fraction of sp³-hybridized carbons (Fsp3) is 0.500. The second-order valence-corrected chi connectivity index (χ2v) is 5.37. The van der Waals surface area contributed by atoms with E-state index in [1.807, 2.05) is 0 Å². The van der Waals surface area contributed by atoms with E-state index < -0.39 is 12.1 Å². The molecular formula is C16H22N2O3. The van der Waals surface area contributed by atoms with Gasteiger partial charge in [0.2, 0.25) is 0 Å². The molecule has 5 nitrogen and oxygen atoms in total. The zero-order chi connectivity index (χ0) is 15.2. The highest BCUT2D eigenvalue weighted by Crippen LogP contribution is 2.15. The van der Waals surface area contributed by atoms with Crippen LogP contribution in [0.2, 0.25) is 0 Å². The summed E-state index contributed by atoms with van der Waals surface area (Å²) in [4.78, 5) is 26.2. The first kappa shape index (κ1) is 15.4. The summed E-state index contributed by atoms with van der Waals surface area (Å²) in [6, 6.07) is 6.70. The summed E-state index contributed by atoms with van der Waals surface area (Å²) in [7, 11) is 0. The molecule has 1 aliphatic rings. The van der Waals surface area contributed by atoms with Crippen molar-refractivity contribution in [1.29, 1.82) is 0 Å². The third kappa shape index (κ3) is 3.97. The summed E-state index contributed by atoms with van der Waals surface area (Å²) in [5, 5.41) is 0. The number of rotatable bonds is 3. The molecule has 5 heteroatoms. The van der Waals surface area contributed by atoms with Crippen molar-refractivity contribution in [3.05, 3.63) is 29.8 Å². The van der Waals surface area contributed by atoms with Crippen LogP contribution in [0.25, 0.3) is 0 Å². The second kappa shape index (κ2) is 7.11. The van der Waals surface area contributed by atoms with Gasteiger partial charge in [0, 0.05) is 18.8 Å². The maximum atomic E-state index is 12.3. The molecule has 1 fully saturated rings. The molecule has 1 aromatic carbocycles. The predicted octanol–water partition coefficient (Wildman–Crippen LogP) is 2.22. The lowest BCUT2D eigenvalue weighted by Gasteiger charge is -2.24. The molecule has 0 bridgehead atoms. The Morgan fingerprint density at radius 2 is 1.76 bits per heavy atom. The van der Waals surface area contributed by atoms with Gasteiger partial charge in [-0.2, -0.15) is 0 Å². The number of hydrogen-bond acceptors (Lipinski definition) is 4. The first-order chi connectivity index (χ1) is 10.1. The molecule has 1 amide bonds. The van der Waals surface area contributed by atoms with Gasteiger partial charge in [-0.3, -0.25) is 4.79 Å². The molecule has 0 aromatic heterocycles. The van der Waals surface area contributed by atoms with Crippen molar-refractivity contribution in [2.24, 2.45) is 0 Å². The number of carbonyl (C=O) groups excluding carboxylic acids is 2. The monoisotopic (exact) mass is 290 g/mol. The number of nitrogen functional groups attached to an aromatic ring is 1. The fourth-order valence-electron chi connectivity index (χ4n) is 2.51. The Bertz CT molecular complexity index is 508. The third-order valence-corrected chi connectivity index (χ3v) is 3.73. The fourth-order valence-corrected chi connectivity index (χ4v) is 2.51. The minimum atomic E-state index is -0.782. The molecule has 114 valence electrons. The van der Waals surface area contributed by atoms with Crippen LogP contribution in [0.5, 0.6) is 0 Å². The minimum absolute atomic E-state index is 0.125. The number of benzene rings is 1. The summed E-state index contributed by atoms with van der Waals surface area (Å²) in [6.07, 6.45) is 3.54. The van der Waals surface area contributed by atoms with E-state index in [-0.39, 0.29) is 5.91 Å². The molecule has 0 spiro atoms. The number of ether oxygens (including phenoxy) is 1. The summed E-state index contributed by atoms with van der Waals surface area (Å²) in [5.41, 5.74) is 6.40. The standard InChI is InChI=1S/C16H22N2O3/c1-12(15(19)18-10-6-2-3-7-11-18)21-16(20)13-8-4-5-9-14(13)17/h4-5,8-9,12H,2-3,6-7,10-11,17H2,1H3. The Kier molecular flexibility index (Phi) is 5.20. The molecule has 2 rings (SSSR count). The van der Waals surface area contributed by atoms with Crippen molar-refractivity contribution in [1.82, 2.24) is 4.90 Å². The zero-order valence-electron chi connectivity index (χ0n) is 12.4. The van der Waals surface area contributed by atoms with Gasteiger partial charge in [-0.15, -0.1) is 0 Å².